The second-order valence-electron chi connectivity index (χ2n) is 6.62. The molecule has 1 fully saturated rings. The Hall–Kier alpha value is -0.160. The van der Waals surface area contributed by atoms with Crippen molar-refractivity contribution in [2.45, 2.75) is 51.9 Å². The lowest BCUT2D eigenvalue weighted by atomic mass is 9.87. The van der Waals surface area contributed by atoms with E-state index in [2.05, 4.69) is 25.7 Å². The quantitative estimate of drug-likeness (QED) is 0.784. The van der Waals surface area contributed by atoms with Gasteiger partial charge >= 0.3 is 0 Å². The molecule has 0 radical (unpaired) electrons. The van der Waals surface area contributed by atoms with Crippen LogP contribution in [0.25, 0.3) is 0 Å². The van der Waals surface area contributed by atoms with Crippen molar-refractivity contribution in [1.82, 2.24) is 4.90 Å². The smallest absolute Gasteiger partial charge is 0.0971 e. The van der Waals surface area contributed by atoms with Crippen molar-refractivity contribution in [3.8, 4) is 0 Å². The first-order valence-electron chi connectivity index (χ1n) is 6.89. The van der Waals surface area contributed by atoms with E-state index in [-0.39, 0.29) is 18.2 Å². The molecule has 1 aliphatic rings. The number of ether oxygens (including phenoxy) is 2. The fraction of sp³-hybridized carbons (Fsp3) is 1.00. The van der Waals surface area contributed by atoms with Crippen LogP contribution in [-0.4, -0.2) is 57.0 Å². The SMILES string of the molecule is COC1CN(CCC(N)CC(C)(C)C)CC1OC. The summed E-state index contributed by atoms with van der Waals surface area (Å²) in [5.74, 6) is 0. The van der Waals surface area contributed by atoms with E-state index in [1.165, 1.54) is 0 Å². The number of nitrogens with zero attached hydrogens (tertiary/aromatic N) is 1. The number of nitrogens with two attached hydrogens (primary N) is 1. The lowest BCUT2D eigenvalue weighted by Crippen LogP contribution is -2.32. The van der Waals surface area contributed by atoms with Crippen molar-refractivity contribution in [3.63, 3.8) is 0 Å². The van der Waals surface area contributed by atoms with Gasteiger partial charge in [-0.15, -0.1) is 0 Å². The minimum absolute atomic E-state index is 0.203. The first-order chi connectivity index (χ1) is 8.35. The van der Waals surface area contributed by atoms with Gasteiger partial charge in [-0.2, -0.15) is 0 Å². The molecule has 1 rings (SSSR count). The van der Waals surface area contributed by atoms with Crippen LogP contribution in [-0.2, 0) is 9.47 Å². The van der Waals surface area contributed by atoms with Gasteiger partial charge < -0.3 is 15.2 Å². The summed E-state index contributed by atoms with van der Waals surface area (Å²) in [4.78, 5) is 2.39. The zero-order valence-electron chi connectivity index (χ0n) is 12.6. The van der Waals surface area contributed by atoms with Crippen molar-refractivity contribution < 1.29 is 9.47 Å². The van der Waals surface area contributed by atoms with Gasteiger partial charge in [0.25, 0.3) is 0 Å². The Morgan fingerprint density at radius 2 is 1.67 bits per heavy atom. The molecule has 3 atom stereocenters. The normalized spacial score (nSPS) is 27.7. The summed E-state index contributed by atoms with van der Waals surface area (Å²) in [6.07, 6.45) is 2.52. The van der Waals surface area contributed by atoms with Crippen molar-refractivity contribution in [3.05, 3.63) is 0 Å². The molecule has 4 heteroatoms. The highest BCUT2D eigenvalue weighted by Crippen LogP contribution is 2.22. The van der Waals surface area contributed by atoms with E-state index < -0.39 is 0 Å². The van der Waals surface area contributed by atoms with Crippen LogP contribution in [0.4, 0.5) is 0 Å². The van der Waals surface area contributed by atoms with Gasteiger partial charge in [0.05, 0.1) is 12.2 Å². The Balaban J connectivity index is 2.28. The highest BCUT2D eigenvalue weighted by Gasteiger charge is 2.32. The molecule has 2 N–H and O–H groups in total. The zero-order chi connectivity index (χ0) is 13.8. The first kappa shape index (κ1) is 15.9. The van der Waals surface area contributed by atoms with Crippen LogP contribution in [0.15, 0.2) is 0 Å². The molecule has 0 bridgehead atoms. The summed E-state index contributed by atoms with van der Waals surface area (Å²) in [6.45, 7) is 9.67. The topological polar surface area (TPSA) is 47.7 Å². The summed E-state index contributed by atoms with van der Waals surface area (Å²) >= 11 is 0. The summed E-state index contributed by atoms with van der Waals surface area (Å²) < 4.78 is 10.9. The minimum Gasteiger partial charge on any atom is -0.377 e. The fourth-order valence-electron chi connectivity index (χ4n) is 2.69. The molecule has 0 aromatic rings. The van der Waals surface area contributed by atoms with E-state index >= 15 is 0 Å². The van der Waals surface area contributed by atoms with Crippen molar-refractivity contribution >= 4 is 0 Å². The second kappa shape index (κ2) is 6.85. The van der Waals surface area contributed by atoms with Gasteiger partial charge in [0.2, 0.25) is 0 Å². The third kappa shape index (κ3) is 5.22. The van der Waals surface area contributed by atoms with Crippen LogP contribution >= 0.6 is 0 Å². The molecule has 0 aromatic heterocycles. The molecule has 0 aliphatic carbocycles. The van der Waals surface area contributed by atoms with Crippen LogP contribution in [0.1, 0.15) is 33.6 Å². The maximum atomic E-state index is 6.18. The van der Waals surface area contributed by atoms with Crippen molar-refractivity contribution in [2.24, 2.45) is 11.1 Å². The highest BCUT2D eigenvalue weighted by atomic mass is 16.5. The van der Waals surface area contributed by atoms with Gasteiger partial charge in [-0.05, 0) is 24.8 Å². The molecule has 4 nitrogen and oxygen atoms in total. The van der Waals surface area contributed by atoms with E-state index in [1.54, 1.807) is 14.2 Å². The monoisotopic (exact) mass is 258 g/mol. The van der Waals surface area contributed by atoms with Crippen LogP contribution in [0.3, 0.4) is 0 Å². The average molecular weight is 258 g/mol. The lowest BCUT2D eigenvalue weighted by Gasteiger charge is -2.25. The summed E-state index contributed by atoms with van der Waals surface area (Å²) in [6, 6.07) is 0.285. The summed E-state index contributed by atoms with van der Waals surface area (Å²) in [5, 5.41) is 0. The van der Waals surface area contributed by atoms with Crippen LogP contribution in [0, 0.1) is 5.41 Å². The molecule has 0 saturated carbocycles. The van der Waals surface area contributed by atoms with E-state index in [0.29, 0.717) is 5.41 Å². The van der Waals surface area contributed by atoms with Crippen molar-refractivity contribution in [2.75, 3.05) is 33.9 Å². The number of hydrogen-bond acceptors (Lipinski definition) is 4. The van der Waals surface area contributed by atoms with Gasteiger partial charge in [-0.25, -0.2) is 0 Å². The van der Waals surface area contributed by atoms with E-state index in [0.717, 1.165) is 32.5 Å². The third-order valence-electron chi connectivity index (χ3n) is 3.59. The lowest BCUT2D eigenvalue weighted by molar-refractivity contribution is -0.00461. The molecular weight excluding hydrogens is 228 g/mol. The minimum atomic E-state index is 0.203. The Morgan fingerprint density at radius 3 is 2.06 bits per heavy atom. The molecule has 3 unspecified atom stereocenters. The largest absolute Gasteiger partial charge is 0.377 e. The van der Waals surface area contributed by atoms with Gasteiger partial charge in [-0.1, -0.05) is 20.8 Å². The number of rotatable bonds is 6. The van der Waals surface area contributed by atoms with E-state index in [1.807, 2.05) is 0 Å². The highest BCUT2D eigenvalue weighted by molar-refractivity contribution is 4.86. The number of likely N-dealkylation sites (tertiary alicyclic amines) is 1. The van der Waals surface area contributed by atoms with Gasteiger partial charge in [0.15, 0.2) is 0 Å². The Kier molecular flexibility index (Phi) is 6.05. The Morgan fingerprint density at radius 1 is 1.17 bits per heavy atom. The van der Waals surface area contributed by atoms with E-state index in [4.69, 9.17) is 15.2 Å². The molecule has 18 heavy (non-hydrogen) atoms. The van der Waals surface area contributed by atoms with Crippen molar-refractivity contribution in [1.29, 1.82) is 0 Å². The first-order valence-corrected chi connectivity index (χ1v) is 6.89. The fourth-order valence-corrected chi connectivity index (χ4v) is 2.69. The Bertz CT molecular complexity index is 228. The molecule has 0 spiro atoms. The molecular formula is C14H30N2O2. The number of hydrogen-bond donors (Lipinski definition) is 1. The molecule has 1 heterocycles. The Labute approximate surface area is 112 Å². The molecule has 1 saturated heterocycles. The van der Waals surface area contributed by atoms with Gasteiger partial charge in [0.1, 0.15) is 0 Å². The van der Waals surface area contributed by atoms with Crippen LogP contribution in [0.5, 0.6) is 0 Å². The van der Waals surface area contributed by atoms with Crippen LogP contribution in [0.2, 0.25) is 0 Å². The predicted molar refractivity (Wildman–Crippen MR) is 74.7 cm³/mol. The molecule has 108 valence electrons. The standard InChI is InChI=1S/C14H30N2O2/c1-14(2,3)8-11(15)6-7-16-9-12(17-4)13(10-16)18-5/h11-13H,6-10,15H2,1-5H3. The maximum Gasteiger partial charge on any atom is 0.0971 e. The molecule has 0 aromatic carbocycles. The number of methoxy groups -OCH3 is 2. The summed E-state index contributed by atoms with van der Waals surface area (Å²) in [5.41, 5.74) is 6.50. The maximum absolute atomic E-state index is 6.18. The molecule has 1 aliphatic heterocycles. The van der Waals surface area contributed by atoms with Gasteiger partial charge in [0, 0.05) is 33.4 Å². The molecule has 0 amide bonds. The third-order valence-corrected chi connectivity index (χ3v) is 3.59. The average Bonchev–Trinajstić information content (AvgIpc) is 2.66. The predicted octanol–water partition coefficient (Wildman–Crippen LogP) is 1.49. The van der Waals surface area contributed by atoms with E-state index in [9.17, 15) is 0 Å². The van der Waals surface area contributed by atoms with Gasteiger partial charge in [-0.3, -0.25) is 4.90 Å². The summed E-state index contributed by atoms with van der Waals surface area (Å²) in [7, 11) is 3.51. The second-order valence-corrected chi connectivity index (χ2v) is 6.62. The zero-order valence-corrected chi connectivity index (χ0v) is 12.6. The van der Waals surface area contributed by atoms with Crippen LogP contribution < -0.4 is 5.73 Å².